The van der Waals surface area contributed by atoms with Crippen LogP contribution in [-0.4, -0.2) is 5.91 Å². The zero-order valence-electron chi connectivity index (χ0n) is 11.4. The Hall–Kier alpha value is -1.58. The van der Waals surface area contributed by atoms with E-state index >= 15 is 0 Å². The maximum atomic E-state index is 13.6. The van der Waals surface area contributed by atoms with Gasteiger partial charge in [-0.3, -0.25) is 4.79 Å². The van der Waals surface area contributed by atoms with Crippen LogP contribution in [0.25, 0.3) is 0 Å². The minimum Gasteiger partial charge on any atom is -0.349 e. The molecule has 1 unspecified atom stereocenters. The third-order valence-corrected chi connectivity index (χ3v) is 3.70. The summed E-state index contributed by atoms with van der Waals surface area (Å²) in [6, 6.07) is 10.9. The Morgan fingerprint density at radius 1 is 1.24 bits per heavy atom. The molecule has 2 aromatic carbocycles. The Balaban J connectivity index is 2.03. The van der Waals surface area contributed by atoms with E-state index in [0.29, 0.717) is 21.2 Å². The van der Waals surface area contributed by atoms with E-state index < -0.39 is 6.04 Å². The minimum absolute atomic E-state index is 0.120. The Morgan fingerprint density at radius 3 is 2.62 bits per heavy atom. The van der Waals surface area contributed by atoms with Gasteiger partial charge in [-0.2, -0.15) is 0 Å². The molecule has 0 heterocycles. The fraction of sp³-hybridized carbons (Fsp3) is 0.188. The molecule has 2 aromatic rings. The van der Waals surface area contributed by atoms with Gasteiger partial charge in [-0.1, -0.05) is 47.5 Å². The van der Waals surface area contributed by atoms with Crippen molar-refractivity contribution in [2.24, 2.45) is 0 Å². The first kappa shape index (κ1) is 15.8. The number of hydrogen-bond acceptors (Lipinski definition) is 1. The number of rotatable bonds is 4. The molecule has 0 aliphatic rings. The van der Waals surface area contributed by atoms with Gasteiger partial charge in [0.15, 0.2) is 0 Å². The van der Waals surface area contributed by atoms with Crippen molar-refractivity contribution >= 4 is 29.1 Å². The van der Waals surface area contributed by atoms with Crippen LogP contribution in [-0.2, 0) is 11.2 Å². The molecule has 0 saturated heterocycles. The smallest absolute Gasteiger partial charge is 0.224 e. The van der Waals surface area contributed by atoms with Gasteiger partial charge in [0.25, 0.3) is 0 Å². The number of halogens is 3. The standard InChI is InChI=1S/C16H14Cl2FNO/c1-10(13-4-2-3-5-15(13)19)20-16(21)8-11-6-7-12(17)9-14(11)18/h2-7,9-10H,8H2,1H3,(H,20,21). The second-order valence-corrected chi connectivity index (χ2v) is 5.57. The number of nitrogens with one attached hydrogen (secondary N) is 1. The van der Waals surface area contributed by atoms with E-state index in [2.05, 4.69) is 5.32 Å². The third-order valence-electron chi connectivity index (χ3n) is 3.12. The maximum Gasteiger partial charge on any atom is 0.224 e. The molecule has 0 aromatic heterocycles. The Morgan fingerprint density at radius 2 is 1.95 bits per heavy atom. The summed E-state index contributed by atoms with van der Waals surface area (Å²) in [5, 5.41) is 3.72. The average molecular weight is 326 g/mol. The summed E-state index contributed by atoms with van der Waals surface area (Å²) in [4.78, 5) is 12.0. The fourth-order valence-corrected chi connectivity index (χ4v) is 2.51. The lowest BCUT2D eigenvalue weighted by molar-refractivity contribution is -0.121. The molecule has 0 saturated carbocycles. The first-order valence-corrected chi connectivity index (χ1v) is 7.20. The molecule has 0 fully saturated rings. The van der Waals surface area contributed by atoms with Crippen molar-refractivity contribution in [3.05, 3.63) is 69.5 Å². The van der Waals surface area contributed by atoms with E-state index in [4.69, 9.17) is 23.2 Å². The van der Waals surface area contributed by atoms with Gasteiger partial charge in [0.2, 0.25) is 5.91 Å². The van der Waals surface area contributed by atoms with Crippen LogP contribution in [0.5, 0.6) is 0 Å². The number of carbonyl (C=O) groups is 1. The molecule has 0 aliphatic heterocycles. The summed E-state index contributed by atoms with van der Waals surface area (Å²) >= 11 is 11.8. The van der Waals surface area contributed by atoms with E-state index in [1.807, 2.05) is 0 Å². The van der Waals surface area contributed by atoms with Gasteiger partial charge in [0.05, 0.1) is 12.5 Å². The number of benzene rings is 2. The van der Waals surface area contributed by atoms with Crippen LogP contribution in [0.2, 0.25) is 10.0 Å². The summed E-state index contributed by atoms with van der Waals surface area (Å²) < 4.78 is 13.6. The summed E-state index contributed by atoms with van der Waals surface area (Å²) in [6.07, 6.45) is 0.120. The maximum absolute atomic E-state index is 13.6. The normalized spacial score (nSPS) is 12.0. The molecular weight excluding hydrogens is 312 g/mol. The van der Waals surface area contributed by atoms with Crippen LogP contribution in [0.1, 0.15) is 24.1 Å². The lowest BCUT2D eigenvalue weighted by atomic mass is 10.1. The molecule has 1 amide bonds. The van der Waals surface area contributed by atoms with Gasteiger partial charge in [0, 0.05) is 15.6 Å². The SMILES string of the molecule is CC(NC(=O)Cc1ccc(Cl)cc1Cl)c1ccccc1F. The molecule has 110 valence electrons. The summed E-state index contributed by atoms with van der Waals surface area (Å²) in [6.45, 7) is 1.74. The molecular formula is C16H14Cl2FNO. The number of carbonyl (C=O) groups excluding carboxylic acids is 1. The van der Waals surface area contributed by atoms with E-state index in [9.17, 15) is 9.18 Å². The molecule has 2 nitrogen and oxygen atoms in total. The molecule has 0 radical (unpaired) electrons. The highest BCUT2D eigenvalue weighted by molar-refractivity contribution is 6.35. The molecule has 2 rings (SSSR count). The Labute approximate surface area is 132 Å². The highest BCUT2D eigenvalue weighted by Gasteiger charge is 2.14. The molecule has 0 aliphatic carbocycles. The topological polar surface area (TPSA) is 29.1 Å². The molecule has 21 heavy (non-hydrogen) atoms. The number of amides is 1. The van der Waals surface area contributed by atoms with E-state index in [1.165, 1.54) is 6.07 Å². The largest absolute Gasteiger partial charge is 0.349 e. The predicted molar refractivity (Wildman–Crippen MR) is 83.1 cm³/mol. The quantitative estimate of drug-likeness (QED) is 0.877. The predicted octanol–water partition coefficient (Wildman–Crippen LogP) is 4.55. The summed E-state index contributed by atoms with van der Waals surface area (Å²) in [5.74, 6) is -0.565. The van der Waals surface area contributed by atoms with E-state index in [1.54, 1.807) is 43.3 Å². The lowest BCUT2D eigenvalue weighted by Gasteiger charge is -2.15. The second kappa shape index (κ2) is 6.92. The monoisotopic (exact) mass is 325 g/mol. The second-order valence-electron chi connectivity index (χ2n) is 4.72. The van der Waals surface area contributed by atoms with Crippen molar-refractivity contribution in [1.29, 1.82) is 0 Å². The van der Waals surface area contributed by atoms with Crippen LogP contribution in [0.4, 0.5) is 4.39 Å². The van der Waals surface area contributed by atoms with Crippen molar-refractivity contribution < 1.29 is 9.18 Å². The highest BCUT2D eigenvalue weighted by atomic mass is 35.5. The van der Waals surface area contributed by atoms with Gasteiger partial charge in [-0.25, -0.2) is 4.39 Å². The van der Waals surface area contributed by atoms with Crippen molar-refractivity contribution in [3.8, 4) is 0 Å². The van der Waals surface area contributed by atoms with Crippen LogP contribution in [0.3, 0.4) is 0 Å². The van der Waals surface area contributed by atoms with Crippen LogP contribution < -0.4 is 5.32 Å². The van der Waals surface area contributed by atoms with Gasteiger partial charge in [0.1, 0.15) is 5.82 Å². The molecule has 5 heteroatoms. The molecule has 0 bridgehead atoms. The van der Waals surface area contributed by atoms with Crippen LogP contribution in [0, 0.1) is 5.82 Å². The molecule has 1 atom stereocenters. The van der Waals surface area contributed by atoms with Gasteiger partial charge in [-0.05, 0) is 30.7 Å². The Kier molecular flexibility index (Phi) is 5.21. The average Bonchev–Trinajstić information content (AvgIpc) is 2.42. The summed E-state index contributed by atoms with van der Waals surface area (Å²) in [7, 11) is 0. The molecule has 1 N–H and O–H groups in total. The highest BCUT2D eigenvalue weighted by Crippen LogP contribution is 2.22. The van der Waals surface area contributed by atoms with Crippen molar-refractivity contribution in [3.63, 3.8) is 0 Å². The lowest BCUT2D eigenvalue weighted by Crippen LogP contribution is -2.28. The fourth-order valence-electron chi connectivity index (χ4n) is 2.03. The first-order chi connectivity index (χ1) is 9.97. The summed E-state index contributed by atoms with van der Waals surface area (Å²) in [5.41, 5.74) is 1.13. The van der Waals surface area contributed by atoms with E-state index in [0.717, 1.165) is 0 Å². The first-order valence-electron chi connectivity index (χ1n) is 6.45. The van der Waals surface area contributed by atoms with Gasteiger partial charge in [-0.15, -0.1) is 0 Å². The number of hydrogen-bond donors (Lipinski definition) is 1. The third kappa shape index (κ3) is 4.19. The van der Waals surface area contributed by atoms with Gasteiger partial charge >= 0.3 is 0 Å². The van der Waals surface area contributed by atoms with Crippen molar-refractivity contribution in [2.75, 3.05) is 0 Å². The van der Waals surface area contributed by atoms with E-state index in [-0.39, 0.29) is 18.1 Å². The van der Waals surface area contributed by atoms with Crippen molar-refractivity contribution in [2.45, 2.75) is 19.4 Å². The van der Waals surface area contributed by atoms with Crippen LogP contribution >= 0.6 is 23.2 Å². The van der Waals surface area contributed by atoms with Gasteiger partial charge < -0.3 is 5.32 Å². The van der Waals surface area contributed by atoms with Crippen molar-refractivity contribution in [1.82, 2.24) is 5.32 Å². The zero-order valence-corrected chi connectivity index (χ0v) is 12.9. The zero-order chi connectivity index (χ0) is 15.4. The van der Waals surface area contributed by atoms with Crippen LogP contribution in [0.15, 0.2) is 42.5 Å². The minimum atomic E-state index is -0.412. The molecule has 0 spiro atoms. The Bertz CT molecular complexity index is 660.